The van der Waals surface area contributed by atoms with E-state index < -0.39 is 0 Å². The summed E-state index contributed by atoms with van der Waals surface area (Å²) in [6, 6.07) is 6.67. The highest BCUT2D eigenvalue weighted by Crippen LogP contribution is 2.27. The zero-order valence-electron chi connectivity index (χ0n) is 8.60. The van der Waals surface area contributed by atoms with Crippen molar-refractivity contribution >= 4 is 33.2 Å². The number of hydrogen-bond acceptors (Lipinski definition) is 1. The third-order valence-corrected chi connectivity index (χ3v) is 4.11. The molecule has 1 nitrogen and oxygen atoms in total. The summed E-state index contributed by atoms with van der Waals surface area (Å²) in [5.41, 5.74) is 1.16. The van der Waals surface area contributed by atoms with E-state index in [0.717, 1.165) is 15.2 Å². The lowest BCUT2D eigenvalue weighted by Gasteiger charge is -2.24. The van der Waals surface area contributed by atoms with Crippen LogP contribution in [0.5, 0.6) is 0 Å². The summed E-state index contributed by atoms with van der Waals surface area (Å²) in [6.07, 6.45) is 6.68. The minimum absolute atomic E-state index is 0.645. The van der Waals surface area contributed by atoms with Crippen molar-refractivity contribution in [2.45, 2.75) is 38.1 Å². The van der Waals surface area contributed by atoms with Gasteiger partial charge in [-0.25, -0.2) is 0 Å². The number of hydrogen-bond donors (Lipinski definition) is 1. The number of halogens is 2. The maximum atomic E-state index is 5.95. The SMILES string of the molecule is Clc1ccc(NC2CCCCC2)cc1Br. The van der Waals surface area contributed by atoms with Crippen molar-refractivity contribution in [3.05, 3.63) is 27.7 Å². The van der Waals surface area contributed by atoms with Gasteiger partial charge in [0.25, 0.3) is 0 Å². The second kappa shape index (κ2) is 5.22. The molecule has 0 heterocycles. The van der Waals surface area contributed by atoms with Gasteiger partial charge in [-0.1, -0.05) is 30.9 Å². The molecule has 1 aliphatic rings. The molecule has 1 aromatic rings. The van der Waals surface area contributed by atoms with Crippen molar-refractivity contribution in [2.75, 3.05) is 5.32 Å². The van der Waals surface area contributed by atoms with Gasteiger partial charge >= 0.3 is 0 Å². The van der Waals surface area contributed by atoms with Gasteiger partial charge < -0.3 is 5.32 Å². The quantitative estimate of drug-likeness (QED) is 0.820. The third kappa shape index (κ3) is 3.12. The maximum Gasteiger partial charge on any atom is 0.0549 e. The third-order valence-electron chi connectivity index (χ3n) is 2.90. The molecule has 0 aliphatic heterocycles. The highest BCUT2D eigenvalue weighted by molar-refractivity contribution is 9.10. The molecule has 0 atom stereocenters. The predicted molar refractivity (Wildman–Crippen MR) is 69.6 cm³/mol. The number of nitrogens with one attached hydrogen (secondary N) is 1. The fraction of sp³-hybridized carbons (Fsp3) is 0.500. The van der Waals surface area contributed by atoms with Crippen LogP contribution in [0.4, 0.5) is 5.69 Å². The summed E-state index contributed by atoms with van der Waals surface area (Å²) in [4.78, 5) is 0. The Balaban J connectivity index is 2.00. The van der Waals surface area contributed by atoms with Crippen molar-refractivity contribution in [1.82, 2.24) is 0 Å². The first kappa shape index (κ1) is 11.3. The second-order valence-corrected chi connectivity index (χ2v) is 5.37. The van der Waals surface area contributed by atoms with E-state index in [0.29, 0.717) is 6.04 Å². The van der Waals surface area contributed by atoms with Gasteiger partial charge in [0.1, 0.15) is 0 Å². The molecule has 1 N–H and O–H groups in total. The standard InChI is InChI=1S/C12H15BrClN/c13-11-8-10(6-7-12(11)14)15-9-4-2-1-3-5-9/h6-9,15H,1-5H2. The first-order chi connectivity index (χ1) is 7.25. The first-order valence-corrected chi connectivity index (χ1v) is 6.64. The van der Waals surface area contributed by atoms with Crippen molar-refractivity contribution < 1.29 is 0 Å². The van der Waals surface area contributed by atoms with Gasteiger partial charge in [0.2, 0.25) is 0 Å². The van der Waals surface area contributed by atoms with Crippen molar-refractivity contribution in [1.29, 1.82) is 0 Å². The van der Waals surface area contributed by atoms with Crippen LogP contribution in [0.15, 0.2) is 22.7 Å². The molecule has 82 valence electrons. The van der Waals surface area contributed by atoms with Gasteiger partial charge in [-0.15, -0.1) is 0 Å². The number of benzene rings is 1. The van der Waals surface area contributed by atoms with E-state index >= 15 is 0 Å². The Morgan fingerprint density at radius 2 is 1.93 bits per heavy atom. The summed E-state index contributed by atoms with van der Waals surface area (Å²) in [5.74, 6) is 0. The molecule has 3 heteroatoms. The minimum atomic E-state index is 0.645. The molecular weight excluding hydrogens is 273 g/mol. The lowest BCUT2D eigenvalue weighted by molar-refractivity contribution is 0.463. The van der Waals surface area contributed by atoms with Crippen LogP contribution in [0.25, 0.3) is 0 Å². The monoisotopic (exact) mass is 287 g/mol. The topological polar surface area (TPSA) is 12.0 Å². The molecule has 0 saturated heterocycles. The van der Waals surface area contributed by atoms with E-state index in [9.17, 15) is 0 Å². The summed E-state index contributed by atoms with van der Waals surface area (Å²) in [5, 5.41) is 4.33. The van der Waals surface area contributed by atoms with Crippen LogP contribution >= 0.6 is 27.5 Å². The van der Waals surface area contributed by atoms with Gasteiger partial charge in [-0.3, -0.25) is 0 Å². The van der Waals surface area contributed by atoms with Crippen LogP contribution in [0.2, 0.25) is 5.02 Å². The molecule has 1 aliphatic carbocycles. The Hall–Kier alpha value is -0.210. The summed E-state index contributed by atoms with van der Waals surface area (Å²) < 4.78 is 0.963. The van der Waals surface area contributed by atoms with Crippen molar-refractivity contribution in [3.63, 3.8) is 0 Å². The molecule has 1 aromatic carbocycles. The van der Waals surface area contributed by atoms with Crippen LogP contribution in [0, 0.1) is 0 Å². The first-order valence-electron chi connectivity index (χ1n) is 5.47. The predicted octanol–water partition coefficient (Wildman–Crippen LogP) is 4.85. The molecule has 15 heavy (non-hydrogen) atoms. The lowest BCUT2D eigenvalue weighted by atomic mass is 9.95. The molecule has 0 unspecified atom stereocenters. The molecule has 1 saturated carbocycles. The molecule has 1 fully saturated rings. The highest BCUT2D eigenvalue weighted by atomic mass is 79.9. The largest absolute Gasteiger partial charge is 0.382 e. The second-order valence-electron chi connectivity index (χ2n) is 4.11. The van der Waals surface area contributed by atoms with Crippen LogP contribution in [0.1, 0.15) is 32.1 Å². The zero-order chi connectivity index (χ0) is 10.7. The molecule has 0 radical (unpaired) electrons. The van der Waals surface area contributed by atoms with E-state index in [2.05, 4.69) is 27.3 Å². The fourth-order valence-corrected chi connectivity index (χ4v) is 2.56. The van der Waals surface area contributed by atoms with E-state index in [1.165, 1.54) is 32.1 Å². The van der Waals surface area contributed by atoms with Gasteiger partial charge in [0, 0.05) is 16.2 Å². The molecule has 0 amide bonds. The van der Waals surface area contributed by atoms with Crippen LogP contribution in [-0.4, -0.2) is 6.04 Å². The summed E-state index contributed by atoms with van der Waals surface area (Å²) >= 11 is 9.39. The van der Waals surface area contributed by atoms with E-state index in [1.54, 1.807) is 0 Å². The van der Waals surface area contributed by atoms with Crippen molar-refractivity contribution in [2.24, 2.45) is 0 Å². The van der Waals surface area contributed by atoms with E-state index in [-0.39, 0.29) is 0 Å². The Bertz CT molecular complexity index is 334. The number of rotatable bonds is 2. The van der Waals surface area contributed by atoms with Gasteiger partial charge in [-0.2, -0.15) is 0 Å². The smallest absolute Gasteiger partial charge is 0.0549 e. The normalized spacial score (nSPS) is 17.7. The summed E-state index contributed by atoms with van der Waals surface area (Å²) in [6.45, 7) is 0. The van der Waals surface area contributed by atoms with E-state index in [4.69, 9.17) is 11.6 Å². The number of anilines is 1. The van der Waals surface area contributed by atoms with Crippen LogP contribution < -0.4 is 5.32 Å². The molecule has 0 bridgehead atoms. The Morgan fingerprint density at radius 1 is 1.20 bits per heavy atom. The van der Waals surface area contributed by atoms with Gasteiger partial charge in [-0.05, 0) is 47.0 Å². The van der Waals surface area contributed by atoms with Crippen molar-refractivity contribution in [3.8, 4) is 0 Å². The van der Waals surface area contributed by atoms with E-state index in [1.807, 2.05) is 12.1 Å². The highest BCUT2D eigenvalue weighted by Gasteiger charge is 2.12. The Labute approximate surface area is 104 Å². The fourth-order valence-electron chi connectivity index (χ4n) is 2.07. The average molecular weight is 289 g/mol. The summed E-state index contributed by atoms with van der Waals surface area (Å²) in [7, 11) is 0. The Kier molecular flexibility index (Phi) is 3.92. The lowest BCUT2D eigenvalue weighted by Crippen LogP contribution is -2.22. The van der Waals surface area contributed by atoms with Crippen LogP contribution in [-0.2, 0) is 0 Å². The average Bonchev–Trinajstić information content (AvgIpc) is 2.25. The molecular formula is C12H15BrClN. The van der Waals surface area contributed by atoms with Gasteiger partial charge in [0.05, 0.1) is 5.02 Å². The zero-order valence-corrected chi connectivity index (χ0v) is 10.9. The molecule has 0 spiro atoms. The van der Waals surface area contributed by atoms with Crippen LogP contribution in [0.3, 0.4) is 0 Å². The maximum absolute atomic E-state index is 5.95. The van der Waals surface area contributed by atoms with Gasteiger partial charge in [0.15, 0.2) is 0 Å². The molecule has 0 aromatic heterocycles. The Morgan fingerprint density at radius 3 is 2.60 bits per heavy atom. The molecule has 2 rings (SSSR count). The minimum Gasteiger partial charge on any atom is -0.382 e.